The van der Waals surface area contributed by atoms with Gasteiger partial charge in [0.15, 0.2) is 0 Å². The highest BCUT2D eigenvalue weighted by atomic mass is 79.9. The van der Waals surface area contributed by atoms with Crippen molar-refractivity contribution in [1.82, 2.24) is 4.90 Å². The minimum Gasteiger partial charge on any atom is -0.491 e. The van der Waals surface area contributed by atoms with Crippen molar-refractivity contribution in [1.29, 1.82) is 0 Å². The Morgan fingerprint density at radius 2 is 1.84 bits per heavy atom. The van der Waals surface area contributed by atoms with Gasteiger partial charge in [-0.3, -0.25) is 14.5 Å². The Hall–Kier alpha value is -2.77. The summed E-state index contributed by atoms with van der Waals surface area (Å²) in [4.78, 5) is 28.8. The van der Waals surface area contributed by atoms with Crippen LogP contribution < -0.4 is 9.64 Å². The van der Waals surface area contributed by atoms with Gasteiger partial charge in [0.25, 0.3) is 11.1 Å². The molecule has 1 saturated heterocycles. The summed E-state index contributed by atoms with van der Waals surface area (Å²) in [5, 5.41) is 1.81. The number of amides is 2. The number of hydrogen-bond acceptors (Lipinski definition) is 5. The minimum atomic E-state index is -0.288. The van der Waals surface area contributed by atoms with E-state index >= 15 is 0 Å². The molecular weight excluding hydrogens is 476 g/mol. The van der Waals surface area contributed by atoms with Crippen LogP contribution in [0.5, 0.6) is 5.75 Å². The largest absolute Gasteiger partial charge is 0.491 e. The third kappa shape index (κ3) is 4.62. The fourth-order valence-corrected chi connectivity index (χ4v) is 5.00. The van der Waals surface area contributed by atoms with E-state index < -0.39 is 0 Å². The molecule has 7 heteroatoms. The molecular formula is C24H21BrN2O3S. The van der Waals surface area contributed by atoms with Gasteiger partial charge in [-0.1, -0.05) is 42.5 Å². The second kappa shape index (κ2) is 9.16. The Kier molecular flexibility index (Phi) is 6.34. The molecule has 1 fully saturated rings. The van der Waals surface area contributed by atoms with Gasteiger partial charge in [-0.15, -0.1) is 0 Å². The molecule has 0 aromatic heterocycles. The third-order valence-corrected chi connectivity index (χ3v) is 6.49. The summed E-state index contributed by atoms with van der Waals surface area (Å²) >= 11 is 4.51. The Labute approximate surface area is 193 Å². The fourth-order valence-electron chi connectivity index (χ4n) is 3.39. The highest BCUT2D eigenvalue weighted by Crippen LogP contribution is 2.34. The monoisotopic (exact) mass is 496 g/mol. The van der Waals surface area contributed by atoms with Gasteiger partial charge in [0.2, 0.25) is 0 Å². The van der Waals surface area contributed by atoms with Gasteiger partial charge in [-0.2, -0.15) is 0 Å². The average Bonchev–Trinajstić information content (AvgIpc) is 3.01. The standard InChI is InChI=1S/C24H21BrN2O3S/c1-26(2)20-11-10-16(14-19(20)25)15-22-23(28)27(24(29)31-22)12-13-30-21-9-5-7-17-6-3-4-8-18(17)21/h3-11,14-15H,12-13H2,1-2H3/b22-15-. The summed E-state index contributed by atoms with van der Waals surface area (Å²) in [5.74, 6) is 0.454. The Balaban J connectivity index is 1.44. The van der Waals surface area contributed by atoms with Crippen LogP contribution in [0.15, 0.2) is 70.0 Å². The Morgan fingerprint density at radius 1 is 1.06 bits per heavy atom. The zero-order chi connectivity index (χ0) is 22.0. The zero-order valence-corrected chi connectivity index (χ0v) is 19.6. The van der Waals surface area contributed by atoms with Gasteiger partial charge in [-0.05, 0) is 62.9 Å². The molecule has 0 aliphatic carbocycles. The zero-order valence-electron chi connectivity index (χ0n) is 17.2. The number of rotatable bonds is 6. The first-order valence-corrected chi connectivity index (χ1v) is 11.4. The second-order valence-corrected chi connectivity index (χ2v) is 9.11. The number of benzene rings is 3. The highest BCUT2D eigenvalue weighted by molar-refractivity contribution is 9.10. The van der Waals surface area contributed by atoms with Crippen molar-refractivity contribution in [2.24, 2.45) is 0 Å². The van der Waals surface area contributed by atoms with Crippen molar-refractivity contribution in [3.8, 4) is 5.75 Å². The molecule has 0 saturated carbocycles. The molecule has 0 spiro atoms. The van der Waals surface area contributed by atoms with E-state index in [9.17, 15) is 9.59 Å². The smallest absolute Gasteiger partial charge is 0.293 e. The molecule has 1 heterocycles. The Morgan fingerprint density at radius 3 is 2.61 bits per heavy atom. The van der Waals surface area contributed by atoms with Crippen molar-refractivity contribution in [3.05, 3.63) is 75.6 Å². The van der Waals surface area contributed by atoms with Crippen LogP contribution in [0.3, 0.4) is 0 Å². The number of imide groups is 1. The van der Waals surface area contributed by atoms with E-state index in [1.165, 1.54) is 4.90 Å². The average molecular weight is 497 g/mol. The Bertz CT molecular complexity index is 1190. The first-order chi connectivity index (χ1) is 14.9. The van der Waals surface area contributed by atoms with Crippen LogP contribution in [0.2, 0.25) is 0 Å². The molecule has 0 atom stereocenters. The summed E-state index contributed by atoms with van der Waals surface area (Å²) in [6.07, 6.45) is 1.75. The molecule has 31 heavy (non-hydrogen) atoms. The number of thioether (sulfide) groups is 1. The van der Waals surface area contributed by atoms with Gasteiger partial charge >= 0.3 is 0 Å². The lowest BCUT2D eigenvalue weighted by Crippen LogP contribution is -2.32. The first kappa shape index (κ1) is 21.5. The predicted octanol–water partition coefficient (Wildman–Crippen LogP) is 5.78. The van der Waals surface area contributed by atoms with Crippen molar-refractivity contribution in [3.63, 3.8) is 0 Å². The van der Waals surface area contributed by atoms with Gasteiger partial charge in [0, 0.05) is 24.0 Å². The van der Waals surface area contributed by atoms with Crippen LogP contribution in [0, 0.1) is 0 Å². The number of nitrogens with zero attached hydrogens (tertiary/aromatic N) is 2. The van der Waals surface area contributed by atoms with Crippen molar-refractivity contribution in [2.45, 2.75) is 0 Å². The van der Waals surface area contributed by atoms with Gasteiger partial charge in [0.1, 0.15) is 12.4 Å². The molecule has 158 valence electrons. The van der Waals surface area contributed by atoms with E-state index in [1.807, 2.05) is 79.7 Å². The first-order valence-electron chi connectivity index (χ1n) is 9.77. The van der Waals surface area contributed by atoms with E-state index in [0.717, 1.165) is 44.0 Å². The van der Waals surface area contributed by atoms with E-state index in [-0.39, 0.29) is 24.3 Å². The maximum absolute atomic E-state index is 12.8. The molecule has 2 amide bonds. The van der Waals surface area contributed by atoms with Crippen molar-refractivity contribution < 1.29 is 14.3 Å². The van der Waals surface area contributed by atoms with Crippen LogP contribution in [0.1, 0.15) is 5.56 Å². The number of carbonyl (C=O) groups excluding carboxylic acids is 2. The minimum absolute atomic E-state index is 0.203. The van der Waals surface area contributed by atoms with Crippen molar-refractivity contribution in [2.75, 3.05) is 32.1 Å². The molecule has 0 N–H and O–H groups in total. The number of fused-ring (bicyclic) bond motifs is 1. The van der Waals surface area contributed by atoms with E-state index in [4.69, 9.17) is 4.74 Å². The van der Waals surface area contributed by atoms with Crippen LogP contribution in [0.4, 0.5) is 10.5 Å². The topological polar surface area (TPSA) is 49.9 Å². The summed E-state index contributed by atoms with van der Waals surface area (Å²) in [6.45, 7) is 0.441. The lowest BCUT2D eigenvalue weighted by Gasteiger charge is -2.15. The number of hydrogen-bond donors (Lipinski definition) is 0. The van der Waals surface area contributed by atoms with E-state index in [1.54, 1.807) is 6.08 Å². The summed E-state index contributed by atoms with van der Waals surface area (Å²) in [6, 6.07) is 19.6. The normalized spacial score (nSPS) is 15.2. The van der Waals surface area contributed by atoms with Gasteiger partial charge in [0.05, 0.1) is 17.1 Å². The summed E-state index contributed by atoms with van der Waals surface area (Å²) < 4.78 is 6.82. The molecule has 1 aliphatic rings. The molecule has 0 unspecified atom stereocenters. The van der Waals surface area contributed by atoms with Crippen LogP contribution >= 0.6 is 27.7 Å². The lowest BCUT2D eigenvalue weighted by molar-refractivity contribution is -0.123. The molecule has 3 aromatic rings. The van der Waals surface area contributed by atoms with Crippen LogP contribution in [-0.4, -0.2) is 43.3 Å². The summed E-state index contributed by atoms with van der Waals surface area (Å²) in [5.41, 5.74) is 1.89. The molecule has 1 aliphatic heterocycles. The number of ether oxygens (including phenoxy) is 1. The second-order valence-electron chi connectivity index (χ2n) is 7.26. The molecule has 0 bridgehead atoms. The maximum Gasteiger partial charge on any atom is 0.293 e. The molecule has 5 nitrogen and oxygen atoms in total. The molecule has 0 radical (unpaired) electrons. The lowest BCUT2D eigenvalue weighted by atomic mass is 10.1. The van der Waals surface area contributed by atoms with Crippen LogP contribution in [-0.2, 0) is 4.79 Å². The number of carbonyl (C=O) groups is 2. The number of halogens is 1. The van der Waals surface area contributed by atoms with E-state index in [0.29, 0.717) is 4.91 Å². The SMILES string of the molecule is CN(C)c1ccc(/C=C2\SC(=O)N(CCOc3cccc4ccccc34)C2=O)cc1Br. The molecule has 4 rings (SSSR count). The summed E-state index contributed by atoms with van der Waals surface area (Å²) in [7, 11) is 3.93. The van der Waals surface area contributed by atoms with Crippen molar-refractivity contribution >= 4 is 61.4 Å². The fraction of sp³-hybridized carbons (Fsp3) is 0.167. The third-order valence-electron chi connectivity index (χ3n) is 4.95. The highest BCUT2D eigenvalue weighted by Gasteiger charge is 2.34. The van der Waals surface area contributed by atoms with Gasteiger partial charge in [-0.25, -0.2) is 0 Å². The number of anilines is 1. The quantitative estimate of drug-likeness (QED) is 0.404. The van der Waals surface area contributed by atoms with Gasteiger partial charge < -0.3 is 9.64 Å². The van der Waals surface area contributed by atoms with E-state index in [2.05, 4.69) is 15.9 Å². The van der Waals surface area contributed by atoms with Crippen LogP contribution in [0.25, 0.3) is 16.8 Å². The predicted molar refractivity (Wildman–Crippen MR) is 131 cm³/mol. The maximum atomic E-state index is 12.8. The molecule has 3 aromatic carbocycles.